The summed E-state index contributed by atoms with van der Waals surface area (Å²) in [5.41, 5.74) is 3.82. The predicted molar refractivity (Wildman–Crippen MR) is 87.3 cm³/mol. The van der Waals surface area contributed by atoms with E-state index >= 15 is 0 Å². The molecule has 0 amide bonds. The van der Waals surface area contributed by atoms with Gasteiger partial charge in [0.05, 0.1) is 6.61 Å². The first-order valence-corrected chi connectivity index (χ1v) is 7.94. The van der Waals surface area contributed by atoms with Crippen molar-refractivity contribution in [3.8, 4) is 0 Å². The summed E-state index contributed by atoms with van der Waals surface area (Å²) in [6, 6.07) is 2.19. The second-order valence-corrected chi connectivity index (χ2v) is 6.34. The van der Waals surface area contributed by atoms with Gasteiger partial charge in [0.25, 0.3) is 0 Å². The number of likely N-dealkylation sites (N-methyl/N-ethyl adjacent to an activating group) is 1. The standard InChI is InChI=1S/C17H23NOS/c1-14-9-11-20-17(14)8-10-18(2)12-15-4-3-5-16(13-19)7-6-15/h3-5,7,9,11,19H,6,8,10,12-13H2,1-2H3. The number of allylic oxidation sites excluding steroid dienone is 3. The number of rotatable bonds is 6. The van der Waals surface area contributed by atoms with E-state index in [-0.39, 0.29) is 6.61 Å². The van der Waals surface area contributed by atoms with Crippen molar-refractivity contribution in [2.24, 2.45) is 0 Å². The van der Waals surface area contributed by atoms with Crippen LogP contribution in [0.3, 0.4) is 0 Å². The number of hydrogen-bond donors (Lipinski definition) is 1. The van der Waals surface area contributed by atoms with Crippen molar-refractivity contribution in [3.63, 3.8) is 0 Å². The molecule has 3 heteroatoms. The molecule has 0 saturated carbocycles. The van der Waals surface area contributed by atoms with Crippen molar-refractivity contribution in [1.82, 2.24) is 4.90 Å². The smallest absolute Gasteiger partial charge is 0.0678 e. The molecule has 2 rings (SSSR count). The lowest BCUT2D eigenvalue weighted by atomic mass is 10.1. The lowest BCUT2D eigenvalue weighted by Gasteiger charge is -2.17. The molecule has 1 aliphatic carbocycles. The number of thiophene rings is 1. The van der Waals surface area contributed by atoms with Crippen molar-refractivity contribution in [2.75, 3.05) is 26.7 Å². The van der Waals surface area contributed by atoms with Crippen LogP contribution in [0.25, 0.3) is 0 Å². The summed E-state index contributed by atoms with van der Waals surface area (Å²) in [7, 11) is 2.18. The maximum atomic E-state index is 9.15. The number of aryl methyl sites for hydroxylation is 1. The van der Waals surface area contributed by atoms with Crippen molar-refractivity contribution >= 4 is 11.3 Å². The largest absolute Gasteiger partial charge is 0.392 e. The van der Waals surface area contributed by atoms with Crippen LogP contribution < -0.4 is 0 Å². The molecule has 0 aliphatic heterocycles. The van der Waals surface area contributed by atoms with Gasteiger partial charge < -0.3 is 10.0 Å². The van der Waals surface area contributed by atoms with Crippen LogP contribution in [0.4, 0.5) is 0 Å². The van der Waals surface area contributed by atoms with Crippen LogP contribution in [0.5, 0.6) is 0 Å². The van der Waals surface area contributed by atoms with E-state index in [0.29, 0.717) is 0 Å². The van der Waals surface area contributed by atoms with E-state index in [4.69, 9.17) is 5.11 Å². The zero-order valence-corrected chi connectivity index (χ0v) is 13.1. The van der Waals surface area contributed by atoms with E-state index in [9.17, 15) is 0 Å². The molecular weight excluding hydrogens is 266 g/mol. The van der Waals surface area contributed by atoms with Crippen LogP contribution in [-0.4, -0.2) is 36.8 Å². The molecular formula is C17H23NOS. The summed E-state index contributed by atoms with van der Waals surface area (Å²) in [5.74, 6) is 0. The minimum absolute atomic E-state index is 0.130. The fourth-order valence-corrected chi connectivity index (χ4v) is 3.22. The van der Waals surface area contributed by atoms with E-state index in [0.717, 1.165) is 31.5 Å². The van der Waals surface area contributed by atoms with E-state index in [1.54, 1.807) is 0 Å². The molecule has 0 atom stereocenters. The van der Waals surface area contributed by atoms with Gasteiger partial charge in [0.2, 0.25) is 0 Å². The Morgan fingerprint density at radius 1 is 1.40 bits per heavy atom. The second kappa shape index (κ2) is 7.58. The Bertz CT molecular complexity index is 525. The molecule has 0 spiro atoms. The summed E-state index contributed by atoms with van der Waals surface area (Å²) in [4.78, 5) is 3.87. The second-order valence-electron chi connectivity index (χ2n) is 5.34. The van der Waals surface area contributed by atoms with Gasteiger partial charge in [0.1, 0.15) is 0 Å². The third-order valence-electron chi connectivity index (χ3n) is 3.61. The minimum Gasteiger partial charge on any atom is -0.392 e. The molecule has 108 valence electrons. The highest BCUT2D eigenvalue weighted by atomic mass is 32.1. The molecule has 1 N–H and O–H groups in total. The van der Waals surface area contributed by atoms with E-state index < -0.39 is 0 Å². The molecule has 0 aromatic carbocycles. The normalized spacial score (nSPS) is 15.2. The van der Waals surface area contributed by atoms with Gasteiger partial charge in [-0.2, -0.15) is 0 Å². The van der Waals surface area contributed by atoms with Crippen LogP contribution in [0, 0.1) is 6.92 Å². The maximum absolute atomic E-state index is 9.15. The van der Waals surface area contributed by atoms with Gasteiger partial charge in [0, 0.05) is 18.0 Å². The third kappa shape index (κ3) is 4.44. The first kappa shape index (κ1) is 15.2. The fraction of sp³-hybridized carbons (Fsp3) is 0.412. The van der Waals surface area contributed by atoms with Crippen LogP contribution in [-0.2, 0) is 6.42 Å². The van der Waals surface area contributed by atoms with Crippen LogP contribution >= 0.6 is 11.3 Å². The van der Waals surface area contributed by atoms with Gasteiger partial charge in [-0.05, 0) is 49.4 Å². The Morgan fingerprint density at radius 3 is 2.95 bits per heavy atom. The highest BCUT2D eigenvalue weighted by Crippen LogP contribution is 2.17. The number of hydrogen-bond acceptors (Lipinski definition) is 3. The van der Waals surface area contributed by atoms with E-state index in [1.165, 1.54) is 16.0 Å². The van der Waals surface area contributed by atoms with Crippen molar-refractivity contribution in [1.29, 1.82) is 0 Å². The van der Waals surface area contributed by atoms with Crippen molar-refractivity contribution < 1.29 is 5.11 Å². The average molecular weight is 289 g/mol. The van der Waals surface area contributed by atoms with E-state index in [1.807, 2.05) is 23.5 Å². The zero-order chi connectivity index (χ0) is 14.4. The molecule has 0 bridgehead atoms. The summed E-state index contributed by atoms with van der Waals surface area (Å²) in [6.45, 7) is 4.39. The summed E-state index contributed by atoms with van der Waals surface area (Å²) < 4.78 is 0. The Hall–Kier alpha value is -1.16. The maximum Gasteiger partial charge on any atom is 0.0678 e. The quantitative estimate of drug-likeness (QED) is 0.868. The lowest BCUT2D eigenvalue weighted by Crippen LogP contribution is -2.23. The number of nitrogens with zero attached hydrogens (tertiary/aromatic N) is 1. The first-order chi connectivity index (χ1) is 9.69. The van der Waals surface area contributed by atoms with Crippen molar-refractivity contribution in [2.45, 2.75) is 19.8 Å². The Balaban J connectivity index is 1.82. The Morgan fingerprint density at radius 2 is 2.25 bits per heavy atom. The number of aliphatic hydroxyl groups excluding tert-OH is 1. The minimum atomic E-state index is 0.130. The highest BCUT2D eigenvalue weighted by Gasteiger charge is 2.06. The average Bonchev–Trinajstić information content (AvgIpc) is 2.71. The summed E-state index contributed by atoms with van der Waals surface area (Å²) >= 11 is 1.85. The molecule has 0 radical (unpaired) electrons. The SMILES string of the molecule is Cc1ccsc1CCN(C)CC1=CC=CC(CO)=CC1. The van der Waals surface area contributed by atoms with Crippen molar-refractivity contribution in [3.05, 3.63) is 57.3 Å². The van der Waals surface area contributed by atoms with Gasteiger partial charge >= 0.3 is 0 Å². The summed E-state index contributed by atoms with van der Waals surface area (Å²) in [6.07, 6.45) is 10.4. The third-order valence-corrected chi connectivity index (χ3v) is 4.70. The van der Waals surface area contributed by atoms with Gasteiger partial charge in [-0.15, -0.1) is 11.3 Å². The molecule has 1 aromatic rings. The molecule has 1 aromatic heterocycles. The Kier molecular flexibility index (Phi) is 5.77. The zero-order valence-electron chi connectivity index (χ0n) is 12.3. The first-order valence-electron chi connectivity index (χ1n) is 7.06. The molecule has 0 unspecified atom stereocenters. The highest BCUT2D eigenvalue weighted by molar-refractivity contribution is 7.10. The Labute approximate surface area is 125 Å². The molecule has 1 heterocycles. The van der Waals surface area contributed by atoms with Crippen LogP contribution in [0.15, 0.2) is 46.9 Å². The molecule has 0 fully saturated rings. The molecule has 0 saturated heterocycles. The monoisotopic (exact) mass is 289 g/mol. The topological polar surface area (TPSA) is 23.5 Å². The van der Waals surface area contributed by atoms with E-state index in [2.05, 4.69) is 42.5 Å². The molecule has 1 aliphatic rings. The van der Waals surface area contributed by atoms with Crippen LogP contribution in [0.1, 0.15) is 16.9 Å². The number of aliphatic hydroxyl groups is 1. The predicted octanol–water partition coefficient (Wildman–Crippen LogP) is 3.34. The molecule has 20 heavy (non-hydrogen) atoms. The van der Waals surface area contributed by atoms with Crippen LogP contribution in [0.2, 0.25) is 0 Å². The van der Waals surface area contributed by atoms with Gasteiger partial charge in [-0.3, -0.25) is 0 Å². The molecule has 2 nitrogen and oxygen atoms in total. The van der Waals surface area contributed by atoms with Gasteiger partial charge in [0.15, 0.2) is 0 Å². The fourth-order valence-electron chi connectivity index (χ4n) is 2.32. The van der Waals surface area contributed by atoms with Gasteiger partial charge in [-0.1, -0.05) is 29.9 Å². The van der Waals surface area contributed by atoms with Gasteiger partial charge in [-0.25, -0.2) is 0 Å². The lowest BCUT2D eigenvalue weighted by molar-refractivity contribution is 0.334. The summed E-state index contributed by atoms with van der Waals surface area (Å²) in [5, 5.41) is 11.3.